The smallest absolute Gasteiger partial charge is 0.337 e. The van der Waals surface area contributed by atoms with E-state index in [0.717, 1.165) is 24.3 Å². The van der Waals surface area contributed by atoms with Crippen LogP contribution in [-0.2, 0) is 0 Å². The van der Waals surface area contributed by atoms with Crippen molar-refractivity contribution in [3.8, 4) is 0 Å². The van der Waals surface area contributed by atoms with E-state index < -0.39 is 5.97 Å². The number of rotatable bonds is 1. The monoisotopic (exact) mass is 205 g/mol. The first kappa shape index (κ1) is 8.67. The third-order valence-electron chi connectivity index (χ3n) is 3.17. The van der Waals surface area contributed by atoms with Crippen LogP contribution in [0.5, 0.6) is 0 Å². The molecule has 1 saturated carbocycles. The summed E-state index contributed by atoms with van der Waals surface area (Å²) >= 11 is 0. The Kier molecular flexibility index (Phi) is 1.56. The van der Waals surface area contributed by atoms with Gasteiger partial charge in [-0.15, -0.1) is 0 Å². The van der Waals surface area contributed by atoms with E-state index in [1.165, 1.54) is 6.20 Å². The molecule has 0 spiro atoms. The highest BCUT2D eigenvalue weighted by Crippen LogP contribution is 2.53. The Morgan fingerprint density at radius 3 is 3.20 bits per heavy atom. The summed E-state index contributed by atoms with van der Waals surface area (Å²) < 4.78 is 0. The number of hydrazine groups is 1. The van der Waals surface area contributed by atoms with Gasteiger partial charge in [0.1, 0.15) is 5.82 Å². The lowest BCUT2D eigenvalue weighted by atomic mass is 10.0. The molecule has 15 heavy (non-hydrogen) atoms. The zero-order valence-electron chi connectivity index (χ0n) is 8.05. The van der Waals surface area contributed by atoms with Crippen molar-refractivity contribution in [2.75, 3.05) is 11.6 Å². The summed E-state index contributed by atoms with van der Waals surface area (Å²) in [5.41, 5.74) is 1.24. The maximum Gasteiger partial charge on any atom is 0.337 e. The van der Waals surface area contributed by atoms with Crippen LogP contribution in [0.15, 0.2) is 12.3 Å². The van der Waals surface area contributed by atoms with E-state index in [9.17, 15) is 4.79 Å². The molecule has 3 rings (SSSR count). The van der Waals surface area contributed by atoms with Crippen LogP contribution in [-0.4, -0.2) is 22.6 Å². The summed E-state index contributed by atoms with van der Waals surface area (Å²) in [6.45, 7) is 0.830. The number of aromatic carboxylic acids is 1. The van der Waals surface area contributed by atoms with Gasteiger partial charge in [-0.25, -0.2) is 15.6 Å². The van der Waals surface area contributed by atoms with Crippen LogP contribution in [0.25, 0.3) is 0 Å². The molecule has 2 aliphatic rings. The lowest BCUT2D eigenvalue weighted by molar-refractivity contribution is 0.0696. The number of anilines is 1. The van der Waals surface area contributed by atoms with Gasteiger partial charge in [-0.2, -0.15) is 0 Å². The number of carboxylic acid groups (broad SMARTS) is 1. The first-order valence-electron chi connectivity index (χ1n) is 4.92. The van der Waals surface area contributed by atoms with Gasteiger partial charge >= 0.3 is 5.97 Å². The van der Waals surface area contributed by atoms with E-state index in [4.69, 9.17) is 10.9 Å². The van der Waals surface area contributed by atoms with Crippen molar-refractivity contribution >= 4 is 11.8 Å². The SMILES string of the molecule is NN1CC2CC2c2cc(C(=O)O)cnc21. The molecule has 2 unspecified atom stereocenters. The maximum absolute atomic E-state index is 10.8. The molecule has 0 saturated heterocycles. The van der Waals surface area contributed by atoms with Gasteiger partial charge in [-0.1, -0.05) is 0 Å². The van der Waals surface area contributed by atoms with Gasteiger partial charge in [0, 0.05) is 18.3 Å². The number of nitrogens with zero attached hydrogens (tertiary/aromatic N) is 2. The number of fused-ring (bicyclic) bond motifs is 3. The van der Waals surface area contributed by atoms with Crippen molar-refractivity contribution in [1.82, 2.24) is 4.98 Å². The summed E-state index contributed by atoms with van der Waals surface area (Å²) in [5, 5.41) is 10.5. The Morgan fingerprint density at radius 1 is 1.67 bits per heavy atom. The summed E-state index contributed by atoms with van der Waals surface area (Å²) in [6.07, 6.45) is 2.47. The van der Waals surface area contributed by atoms with Crippen molar-refractivity contribution in [2.45, 2.75) is 12.3 Å². The average Bonchev–Trinajstić information content (AvgIpc) is 2.96. The van der Waals surface area contributed by atoms with Crippen molar-refractivity contribution in [3.05, 3.63) is 23.4 Å². The highest BCUT2D eigenvalue weighted by Gasteiger charge is 2.45. The lowest BCUT2D eigenvalue weighted by Gasteiger charge is -2.24. The van der Waals surface area contributed by atoms with Crippen LogP contribution >= 0.6 is 0 Å². The molecular weight excluding hydrogens is 194 g/mol. The highest BCUT2D eigenvalue weighted by molar-refractivity contribution is 5.88. The van der Waals surface area contributed by atoms with Crippen molar-refractivity contribution in [3.63, 3.8) is 0 Å². The Morgan fingerprint density at radius 2 is 2.47 bits per heavy atom. The molecule has 0 amide bonds. The molecule has 5 heteroatoms. The summed E-state index contributed by atoms with van der Waals surface area (Å²) in [4.78, 5) is 14.9. The topological polar surface area (TPSA) is 79.5 Å². The van der Waals surface area contributed by atoms with E-state index in [1.807, 2.05) is 0 Å². The van der Waals surface area contributed by atoms with Crippen LogP contribution in [0.3, 0.4) is 0 Å². The van der Waals surface area contributed by atoms with Crippen LogP contribution < -0.4 is 10.9 Å². The minimum absolute atomic E-state index is 0.245. The van der Waals surface area contributed by atoms with Crippen LogP contribution in [0.2, 0.25) is 0 Å². The standard InChI is InChI=1S/C10H11N3O2/c11-13-4-6-2-7(6)8-1-5(10(14)15)3-12-9(8)13/h1,3,6-7H,2,4,11H2,(H,14,15). The average molecular weight is 205 g/mol. The molecule has 0 aromatic carbocycles. The van der Waals surface area contributed by atoms with Crippen LogP contribution in [0, 0.1) is 5.92 Å². The molecule has 3 N–H and O–H groups in total. The molecule has 2 heterocycles. The van der Waals surface area contributed by atoms with Crippen molar-refractivity contribution < 1.29 is 9.90 Å². The molecule has 5 nitrogen and oxygen atoms in total. The second kappa shape index (κ2) is 2.70. The quantitative estimate of drug-likeness (QED) is 0.655. The van der Waals surface area contributed by atoms with Gasteiger partial charge in [-0.3, -0.25) is 5.01 Å². The van der Waals surface area contributed by atoms with E-state index in [0.29, 0.717) is 11.8 Å². The Balaban J connectivity index is 2.10. The van der Waals surface area contributed by atoms with Gasteiger partial charge in [-0.05, 0) is 24.3 Å². The number of carboxylic acids is 1. The lowest BCUT2D eigenvalue weighted by Crippen LogP contribution is -2.37. The minimum Gasteiger partial charge on any atom is -0.478 e. The van der Waals surface area contributed by atoms with Crippen LogP contribution in [0.1, 0.15) is 28.3 Å². The number of pyridine rings is 1. The van der Waals surface area contributed by atoms with Gasteiger partial charge in [0.2, 0.25) is 0 Å². The van der Waals surface area contributed by atoms with E-state index >= 15 is 0 Å². The largest absolute Gasteiger partial charge is 0.478 e. The fraction of sp³-hybridized carbons (Fsp3) is 0.400. The second-order valence-corrected chi connectivity index (χ2v) is 4.20. The predicted octanol–water partition coefficient (Wildman–Crippen LogP) is 0.577. The summed E-state index contributed by atoms with van der Waals surface area (Å²) in [7, 11) is 0. The molecule has 1 fully saturated rings. The van der Waals surface area contributed by atoms with Gasteiger partial charge in [0.15, 0.2) is 0 Å². The third-order valence-corrected chi connectivity index (χ3v) is 3.17. The fourth-order valence-electron chi connectivity index (χ4n) is 2.27. The van der Waals surface area contributed by atoms with Crippen molar-refractivity contribution in [1.29, 1.82) is 0 Å². The molecule has 2 atom stereocenters. The Labute approximate surface area is 86.5 Å². The minimum atomic E-state index is -0.934. The molecule has 78 valence electrons. The van der Waals surface area contributed by atoms with E-state index in [2.05, 4.69) is 4.98 Å². The number of hydrogen-bond acceptors (Lipinski definition) is 4. The second-order valence-electron chi connectivity index (χ2n) is 4.20. The van der Waals surface area contributed by atoms with Crippen molar-refractivity contribution in [2.24, 2.45) is 11.8 Å². The van der Waals surface area contributed by atoms with Gasteiger partial charge in [0.25, 0.3) is 0 Å². The third kappa shape index (κ3) is 1.20. The normalized spacial score (nSPS) is 26.9. The highest BCUT2D eigenvalue weighted by atomic mass is 16.4. The van der Waals surface area contributed by atoms with Crippen LogP contribution in [0.4, 0.5) is 5.82 Å². The molecular formula is C10H11N3O2. The molecule has 1 aromatic rings. The zero-order valence-corrected chi connectivity index (χ0v) is 8.05. The molecule has 0 radical (unpaired) electrons. The summed E-state index contributed by atoms with van der Waals surface area (Å²) in [5.74, 6) is 6.68. The first-order chi connectivity index (χ1) is 7.16. The molecule has 0 bridgehead atoms. The number of aromatic nitrogens is 1. The Bertz CT molecular complexity index is 446. The zero-order chi connectivity index (χ0) is 10.6. The van der Waals surface area contributed by atoms with E-state index in [1.54, 1.807) is 11.1 Å². The Hall–Kier alpha value is -1.62. The summed E-state index contributed by atoms with van der Waals surface area (Å²) in [6, 6.07) is 1.70. The molecule has 1 aliphatic heterocycles. The van der Waals surface area contributed by atoms with E-state index in [-0.39, 0.29) is 5.56 Å². The first-order valence-corrected chi connectivity index (χ1v) is 4.92. The van der Waals surface area contributed by atoms with Gasteiger partial charge in [0.05, 0.1) is 5.56 Å². The maximum atomic E-state index is 10.8. The number of carbonyl (C=O) groups is 1. The fourth-order valence-corrected chi connectivity index (χ4v) is 2.27. The molecule has 1 aromatic heterocycles. The van der Waals surface area contributed by atoms with Gasteiger partial charge < -0.3 is 5.11 Å². The number of nitrogens with two attached hydrogens (primary N) is 1. The molecule has 1 aliphatic carbocycles. The number of hydrogen-bond donors (Lipinski definition) is 2. The predicted molar refractivity (Wildman–Crippen MR) is 53.6 cm³/mol.